The number of likely N-dealkylation sites (tertiary alicyclic amines) is 1. The van der Waals surface area contributed by atoms with Crippen molar-refractivity contribution in [2.75, 3.05) is 58.3 Å². The van der Waals surface area contributed by atoms with Gasteiger partial charge in [0.1, 0.15) is 11.6 Å². The van der Waals surface area contributed by atoms with Gasteiger partial charge in [0.25, 0.3) is 5.91 Å². The molecule has 0 N–H and O–H groups in total. The molecule has 3 rings (SSSR count). The van der Waals surface area contributed by atoms with Crippen LogP contribution in [0.1, 0.15) is 12.8 Å². The molecular formula is C21H28ClN5O. The molecule has 2 heterocycles. The molecule has 2 saturated heterocycles. The van der Waals surface area contributed by atoms with Crippen molar-refractivity contribution in [2.45, 2.75) is 18.9 Å². The quantitative estimate of drug-likeness (QED) is 0.573. The van der Waals surface area contributed by atoms with Crippen molar-refractivity contribution in [3.8, 4) is 6.07 Å². The van der Waals surface area contributed by atoms with Gasteiger partial charge >= 0.3 is 0 Å². The number of rotatable bonds is 4. The fourth-order valence-corrected chi connectivity index (χ4v) is 4.02. The van der Waals surface area contributed by atoms with Crippen LogP contribution in [0.4, 0.5) is 5.69 Å². The maximum Gasteiger partial charge on any atom is 0.265 e. The minimum atomic E-state index is -0.172. The molecule has 1 aromatic carbocycles. The number of hydrogen-bond donors (Lipinski definition) is 0. The minimum Gasteiger partial charge on any atom is -0.373 e. The Balaban J connectivity index is 1.59. The van der Waals surface area contributed by atoms with E-state index in [0.717, 1.165) is 62.8 Å². The maximum absolute atomic E-state index is 12.8. The van der Waals surface area contributed by atoms with Gasteiger partial charge in [-0.15, -0.1) is 0 Å². The molecule has 6 nitrogen and oxygen atoms in total. The molecular weight excluding hydrogens is 374 g/mol. The van der Waals surface area contributed by atoms with Gasteiger partial charge in [0, 0.05) is 56.2 Å². The number of piperidine rings is 1. The number of hydrogen-bond acceptors (Lipinski definition) is 5. The van der Waals surface area contributed by atoms with E-state index in [9.17, 15) is 10.1 Å². The summed E-state index contributed by atoms with van der Waals surface area (Å²) < 4.78 is 0. The summed E-state index contributed by atoms with van der Waals surface area (Å²) in [6.07, 6.45) is 3.65. The first-order valence-corrected chi connectivity index (χ1v) is 10.2. The van der Waals surface area contributed by atoms with E-state index in [4.69, 9.17) is 11.6 Å². The predicted molar refractivity (Wildman–Crippen MR) is 112 cm³/mol. The molecule has 2 aliphatic rings. The molecule has 0 unspecified atom stereocenters. The van der Waals surface area contributed by atoms with Crippen LogP contribution in [0.15, 0.2) is 36.0 Å². The Hall–Kier alpha value is -2.23. The van der Waals surface area contributed by atoms with Gasteiger partial charge in [-0.3, -0.25) is 4.79 Å². The molecule has 0 aromatic heterocycles. The van der Waals surface area contributed by atoms with Crippen LogP contribution in [-0.2, 0) is 4.79 Å². The Morgan fingerprint density at radius 1 is 1.21 bits per heavy atom. The summed E-state index contributed by atoms with van der Waals surface area (Å²) in [7, 11) is 3.92. The molecule has 0 bridgehead atoms. The van der Waals surface area contributed by atoms with Gasteiger partial charge in [0.05, 0.1) is 0 Å². The first-order chi connectivity index (χ1) is 13.5. The summed E-state index contributed by atoms with van der Waals surface area (Å²) in [6, 6.07) is 10.2. The maximum atomic E-state index is 12.8. The molecule has 2 aliphatic heterocycles. The number of carbonyl (C=O) groups is 1. The third-order valence-corrected chi connectivity index (χ3v) is 5.94. The summed E-state index contributed by atoms with van der Waals surface area (Å²) in [5, 5.41) is 10.3. The van der Waals surface area contributed by atoms with E-state index in [-0.39, 0.29) is 17.5 Å². The standard InChI is InChI=1S/C21H28ClN5O/c1-24-8-6-19(7-9-24)25(2)21(28)17(15-23)16-26-10-12-27(13-11-26)20-5-3-4-18(22)14-20/h3-5,14,16,19H,6-13H2,1-2H3/b17-16-. The van der Waals surface area contributed by atoms with Crippen molar-refractivity contribution in [3.05, 3.63) is 41.1 Å². The molecule has 7 heteroatoms. The van der Waals surface area contributed by atoms with E-state index in [0.29, 0.717) is 0 Å². The Kier molecular flexibility index (Phi) is 6.82. The lowest BCUT2D eigenvalue weighted by molar-refractivity contribution is -0.128. The van der Waals surface area contributed by atoms with Gasteiger partial charge in [-0.1, -0.05) is 17.7 Å². The van der Waals surface area contributed by atoms with E-state index in [2.05, 4.69) is 33.9 Å². The summed E-state index contributed by atoms with van der Waals surface area (Å²) in [6.45, 7) is 5.16. The largest absolute Gasteiger partial charge is 0.373 e. The van der Waals surface area contributed by atoms with Crippen molar-refractivity contribution in [1.82, 2.24) is 14.7 Å². The topological polar surface area (TPSA) is 53.8 Å². The summed E-state index contributed by atoms with van der Waals surface area (Å²) in [4.78, 5) is 21.2. The molecule has 0 spiro atoms. The Labute approximate surface area is 172 Å². The smallest absolute Gasteiger partial charge is 0.265 e. The zero-order valence-electron chi connectivity index (χ0n) is 16.6. The van der Waals surface area contributed by atoms with Crippen molar-refractivity contribution >= 4 is 23.2 Å². The number of benzene rings is 1. The van der Waals surface area contributed by atoms with Crippen molar-refractivity contribution in [3.63, 3.8) is 0 Å². The second-order valence-corrected chi connectivity index (χ2v) is 8.04. The summed E-state index contributed by atoms with van der Waals surface area (Å²) in [5.41, 5.74) is 1.33. The molecule has 1 amide bonds. The lowest BCUT2D eigenvalue weighted by Gasteiger charge is -2.36. The first-order valence-electron chi connectivity index (χ1n) is 9.80. The minimum absolute atomic E-state index is 0.172. The molecule has 0 radical (unpaired) electrons. The number of piperazine rings is 1. The van der Waals surface area contributed by atoms with Crippen LogP contribution >= 0.6 is 11.6 Å². The molecule has 28 heavy (non-hydrogen) atoms. The predicted octanol–water partition coefficient (Wildman–Crippen LogP) is 2.42. The number of carbonyl (C=O) groups excluding carboxylic acids is 1. The fraction of sp³-hybridized carbons (Fsp3) is 0.524. The lowest BCUT2D eigenvalue weighted by Crippen LogP contribution is -2.46. The summed E-state index contributed by atoms with van der Waals surface area (Å²) >= 11 is 6.09. The first kappa shape index (κ1) is 20.5. The third kappa shape index (κ3) is 4.98. The monoisotopic (exact) mass is 401 g/mol. The number of anilines is 1. The molecule has 0 atom stereocenters. The lowest BCUT2D eigenvalue weighted by atomic mass is 10.0. The SMILES string of the molecule is CN1CCC(N(C)C(=O)/C(C#N)=C\N2CCN(c3cccc(Cl)c3)CC2)CC1. The van der Waals surface area contributed by atoms with E-state index in [1.54, 1.807) is 11.1 Å². The van der Waals surface area contributed by atoms with Gasteiger partial charge in [-0.05, 0) is 51.2 Å². The Morgan fingerprint density at radius 3 is 2.50 bits per heavy atom. The molecule has 0 saturated carbocycles. The highest BCUT2D eigenvalue weighted by atomic mass is 35.5. The Bertz CT molecular complexity index is 758. The highest BCUT2D eigenvalue weighted by Crippen LogP contribution is 2.21. The number of halogens is 1. The molecule has 1 aromatic rings. The normalized spacial score (nSPS) is 19.4. The van der Waals surface area contributed by atoms with Crippen LogP contribution in [0.3, 0.4) is 0 Å². The van der Waals surface area contributed by atoms with Gasteiger partial charge in [0.2, 0.25) is 0 Å². The second kappa shape index (κ2) is 9.31. The van der Waals surface area contributed by atoms with Gasteiger partial charge in [0.15, 0.2) is 0 Å². The number of nitrogens with zero attached hydrogens (tertiary/aromatic N) is 5. The molecule has 150 valence electrons. The average molecular weight is 402 g/mol. The molecule has 0 aliphatic carbocycles. The fourth-order valence-electron chi connectivity index (χ4n) is 3.83. The van der Waals surface area contributed by atoms with E-state index >= 15 is 0 Å². The highest BCUT2D eigenvalue weighted by molar-refractivity contribution is 6.30. The van der Waals surface area contributed by atoms with Crippen molar-refractivity contribution in [1.29, 1.82) is 5.26 Å². The summed E-state index contributed by atoms with van der Waals surface area (Å²) in [5.74, 6) is -0.172. The average Bonchev–Trinajstić information content (AvgIpc) is 2.72. The van der Waals surface area contributed by atoms with Gasteiger partial charge in [-0.2, -0.15) is 5.26 Å². The third-order valence-electron chi connectivity index (χ3n) is 5.71. The van der Waals surface area contributed by atoms with E-state index < -0.39 is 0 Å². The number of nitriles is 1. The van der Waals surface area contributed by atoms with Gasteiger partial charge in [-0.25, -0.2) is 0 Å². The Morgan fingerprint density at radius 2 is 1.89 bits per heavy atom. The van der Waals surface area contributed by atoms with Crippen LogP contribution in [0.2, 0.25) is 5.02 Å². The number of likely N-dealkylation sites (N-methyl/N-ethyl adjacent to an activating group) is 1. The van der Waals surface area contributed by atoms with Gasteiger partial charge < -0.3 is 19.6 Å². The second-order valence-electron chi connectivity index (χ2n) is 7.61. The van der Waals surface area contributed by atoms with E-state index in [1.807, 2.05) is 25.2 Å². The zero-order chi connectivity index (χ0) is 20.1. The number of amides is 1. The van der Waals surface area contributed by atoms with Crippen LogP contribution < -0.4 is 4.90 Å². The zero-order valence-corrected chi connectivity index (χ0v) is 17.4. The molecule has 2 fully saturated rings. The van der Waals surface area contributed by atoms with Crippen molar-refractivity contribution < 1.29 is 4.79 Å². The van der Waals surface area contributed by atoms with Crippen LogP contribution in [0.25, 0.3) is 0 Å². The van der Waals surface area contributed by atoms with Crippen LogP contribution in [0.5, 0.6) is 0 Å². The highest BCUT2D eigenvalue weighted by Gasteiger charge is 2.26. The van der Waals surface area contributed by atoms with E-state index in [1.165, 1.54) is 0 Å². The van der Waals surface area contributed by atoms with Crippen LogP contribution in [0, 0.1) is 11.3 Å². The van der Waals surface area contributed by atoms with Crippen LogP contribution in [-0.4, -0.2) is 80.0 Å². The van der Waals surface area contributed by atoms with Crippen molar-refractivity contribution in [2.24, 2.45) is 0 Å².